The van der Waals surface area contributed by atoms with Gasteiger partial charge in [0.2, 0.25) is 0 Å². The number of ether oxygens (including phenoxy) is 1. The van der Waals surface area contributed by atoms with Gasteiger partial charge in [-0.1, -0.05) is 12.1 Å². The van der Waals surface area contributed by atoms with E-state index < -0.39 is 17.3 Å². The Morgan fingerprint density at radius 3 is 2.48 bits per heavy atom. The third-order valence-electron chi connectivity index (χ3n) is 4.87. The second-order valence-corrected chi connectivity index (χ2v) is 8.14. The van der Waals surface area contributed by atoms with Gasteiger partial charge in [0.25, 0.3) is 0 Å². The summed E-state index contributed by atoms with van der Waals surface area (Å²) in [4.78, 5) is 0. The van der Waals surface area contributed by atoms with E-state index >= 15 is 0 Å². The quantitative estimate of drug-likeness (QED) is 0.629. The SMILES string of the molecule is Cn1c(-c2ccc(N3CCCS3=O)cc2)c(C#N)c2ccc(OC(F)(F)F)cc21. The summed E-state index contributed by atoms with van der Waals surface area (Å²) in [5.74, 6) is 0.305. The number of hydrogen-bond acceptors (Lipinski definition) is 3. The van der Waals surface area contributed by atoms with Gasteiger partial charge >= 0.3 is 6.36 Å². The molecule has 29 heavy (non-hydrogen) atoms. The average molecular weight is 419 g/mol. The highest BCUT2D eigenvalue weighted by Crippen LogP contribution is 2.36. The molecule has 2 heterocycles. The van der Waals surface area contributed by atoms with Crippen LogP contribution < -0.4 is 9.04 Å². The molecule has 1 aromatic heterocycles. The summed E-state index contributed by atoms with van der Waals surface area (Å²) in [6, 6.07) is 13.4. The number of fused-ring (bicyclic) bond motifs is 1. The van der Waals surface area contributed by atoms with Gasteiger partial charge in [-0.25, -0.2) is 4.21 Å². The number of alkyl halides is 3. The summed E-state index contributed by atoms with van der Waals surface area (Å²) < 4.78 is 57.2. The Bertz CT molecular complexity index is 1150. The largest absolute Gasteiger partial charge is 0.573 e. The first kappa shape index (κ1) is 19.3. The Kier molecular flexibility index (Phi) is 4.74. The second-order valence-electron chi connectivity index (χ2n) is 6.65. The highest BCUT2D eigenvalue weighted by molar-refractivity contribution is 7.86. The zero-order chi connectivity index (χ0) is 20.8. The van der Waals surface area contributed by atoms with E-state index in [0.717, 1.165) is 24.2 Å². The lowest BCUT2D eigenvalue weighted by Crippen LogP contribution is -2.19. The van der Waals surface area contributed by atoms with Crippen LogP contribution in [-0.2, 0) is 18.0 Å². The number of rotatable bonds is 3. The van der Waals surface area contributed by atoms with Crippen LogP contribution in [0.5, 0.6) is 5.75 Å². The van der Waals surface area contributed by atoms with Crippen molar-refractivity contribution in [1.82, 2.24) is 4.57 Å². The van der Waals surface area contributed by atoms with Gasteiger partial charge in [-0.15, -0.1) is 13.2 Å². The molecule has 0 amide bonds. The molecule has 1 aliphatic heterocycles. The van der Waals surface area contributed by atoms with Crippen LogP contribution in [0.15, 0.2) is 42.5 Å². The highest BCUT2D eigenvalue weighted by atomic mass is 32.2. The van der Waals surface area contributed by atoms with Crippen LogP contribution in [-0.4, -0.2) is 27.4 Å². The lowest BCUT2D eigenvalue weighted by Gasteiger charge is -2.16. The van der Waals surface area contributed by atoms with E-state index in [0.29, 0.717) is 27.9 Å². The number of aryl methyl sites for hydroxylation is 1. The molecule has 1 saturated heterocycles. The van der Waals surface area contributed by atoms with E-state index in [1.807, 2.05) is 28.6 Å². The van der Waals surface area contributed by atoms with Crippen LogP contribution in [0, 0.1) is 11.3 Å². The minimum atomic E-state index is -4.79. The molecule has 1 fully saturated rings. The van der Waals surface area contributed by atoms with Gasteiger partial charge in [0, 0.05) is 36.5 Å². The third-order valence-corrected chi connectivity index (χ3v) is 6.40. The van der Waals surface area contributed by atoms with Crippen LogP contribution >= 0.6 is 0 Å². The van der Waals surface area contributed by atoms with Crippen molar-refractivity contribution in [3.05, 3.63) is 48.0 Å². The van der Waals surface area contributed by atoms with Gasteiger partial charge in [0.1, 0.15) is 22.8 Å². The van der Waals surface area contributed by atoms with Gasteiger partial charge in [-0.05, 0) is 36.2 Å². The lowest BCUT2D eigenvalue weighted by molar-refractivity contribution is -0.274. The van der Waals surface area contributed by atoms with Crippen molar-refractivity contribution < 1.29 is 22.1 Å². The average Bonchev–Trinajstić information content (AvgIpc) is 3.22. The van der Waals surface area contributed by atoms with Crippen LogP contribution in [0.25, 0.3) is 22.2 Å². The van der Waals surface area contributed by atoms with Crippen molar-refractivity contribution in [3.8, 4) is 23.1 Å². The predicted molar refractivity (Wildman–Crippen MR) is 105 cm³/mol. The first-order valence-corrected chi connectivity index (χ1v) is 10.1. The Balaban J connectivity index is 1.78. The number of hydrogen-bond donors (Lipinski definition) is 0. The number of benzene rings is 2. The molecular formula is C20H16F3N3O2S. The first-order chi connectivity index (χ1) is 13.8. The maximum atomic E-state index is 12.5. The predicted octanol–water partition coefficient (Wildman–Crippen LogP) is 4.49. The van der Waals surface area contributed by atoms with Crippen LogP contribution in [0.1, 0.15) is 12.0 Å². The molecule has 0 N–H and O–H groups in total. The standard InChI is InChI=1S/C20H16F3N3O2S/c1-25-18-11-15(28-20(21,22)23)7-8-16(18)17(12-24)19(25)13-3-5-14(6-4-13)26-9-2-10-29(26)27/h3-8,11H,2,9-10H2,1H3. The number of anilines is 1. The van der Waals surface area contributed by atoms with Crippen molar-refractivity contribution in [2.24, 2.45) is 7.05 Å². The highest BCUT2D eigenvalue weighted by Gasteiger charge is 2.31. The molecule has 150 valence electrons. The molecule has 9 heteroatoms. The monoisotopic (exact) mass is 419 g/mol. The molecule has 4 rings (SSSR count). The fourth-order valence-corrected chi connectivity index (χ4v) is 4.93. The molecule has 0 aliphatic carbocycles. The zero-order valence-electron chi connectivity index (χ0n) is 15.4. The van der Waals surface area contributed by atoms with Gasteiger partial charge in [0.05, 0.1) is 16.8 Å². The molecule has 0 bridgehead atoms. The van der Waals surface area contributed by atoms with E-state index in [9.17, 15) is 22.6 Å². The van der Waals surface area contributed by atoms with E-state index in [1.165, 1.54) is 18.2 Å². The zero-order valence-corrected chi connectivity index (χ0v) is 16.2. The van der Waals surface area contributed by atoms with E-state index in [2.05, 4.69) is 10.8 Å². The van der Waals surface area contributed by atoms with Crippen molar-refractivity contribution in [2.45, 2.75) is 12.8 Å². The Morgan fingerprint density at radius 1 is 1.17 bits per heavy atom. The first-order valence-electron chi connectivity index (χ1n) is 8.83. The molecular weight excluding hydrogens is 403 g/mol. The Labute approximate surface area is 167 Å². The van der Waals surface area contributed by atoms with Gasteiger partial charge in [-0.3, -0.25) is 4.31 Å². The number of nitriles is 1. The van der Waals surface area contributed by atoms with Crippen LogP contribution in [0.4, 0.5) is 18.9 Å². The summed E-state index contributed by atoms with van der Waals surface area (Å²) in [6.07, 6.45) is -3.91. The molecule has 0 saturated carbocycles. The molecule has 0 spiro atoms. The van der Waals surface area contributed by atoms with Crippen molar-refractivity contribution in [1.29, 1.82) is 5.26 Å². The Morgan fingerprint density at radius 2 is 1.90 bits per heavy atom. The maximum Gasteiger partial charge on any atom is 0.573 e. The van der Waals surface area contributed by atoms with E-state index in [-0.39, 0.29) is 5.75 Å². The second kappa shape index (κ2) is 7.12. The van der Waals surface area contributed by atoms with Crippen molar-refractivity contribution >= 4 is 27.6 Å². The fourth-order valence-electron chi connectivity index (χ4n) is 3.64. The van der Waals surface area contributed by atoms with E-state index in [1.54, 1.807) is 11.6 Å². The summed E-state index contributed by atoms with van der Waals surface area (Å²) in [7, 11) is 0.667. The minimum absolute atomic E-state index is 0.339. The summed E-state index contributed by atoms with van der Waals surface area (Å²) in [5, 5.41) is 10.2. The van der Waals surface area contributed by atoms with E-state index in [4.69, 9.17) is 0 Å². The molecule has 2 aromatic carbocycles. The molecule has 3 aromatic rings. The van der Waals surface area contributed by atoms with Crippen molar-refractivity contribution in [2.75, 3.05) is 16.6 Å². The third kappa shape index (κ3) is 3.56. The van der Waals surface area contributed by atoms with Gasteiger partial charge < -0.3 is 9.30 Å². The molecule has 0 radical (unpaired) electrons. The van der Waals surface area contributed by atoms with Crippen LogP contribution in [0.3, 0.4) is 0 Å². The molecule has 1 unspecified atom stereocenters. The van der Waals surface area contributed by atoms with Crippen molar-refractivity contribution in [3.63, 3.8) is 0 Å². The molecule has 5 nitrogen and oxygen atoms in total. The number of halogens is 3. The molecule has 1 aliphatic rings. The minimum Gasteiger partial charge on any atom is -0.406 e. The summed E-state index contributed by atoms with van der Waals surface area (Å²) >= 11 is 0. The maximum absolute atomic E-state index is 12.5. The normalized spacial score (nSPS) is 16.9. The summed E-state index contributed by atoms with van der Waals surface area (Å²) in [5.41, 5.74) is 3.01. The number of aromatic nitrogens is 1. The Hall–Kier alpha value is -2.99. The van der Waals surface area contributed by atoms with Gasteiger partial charge in [0.15, 0.2) is 0 Å². The smallest absolute Gasteiger partial charge is 0.406 e. The summed E-state index contributed by atoms with van der Waals surface area (Å²) in [6.45, 7) is 0.728. The topological polar surface area (TPSA) is 58.3 Å². The number of nitrogens with zero attached hydrogens (tertiary/aromatic N) is 3. The lowest BCUT2D eigenvalue weighted by atomic mass is 10.1. The van der Waals surface area contributed by atoms with Gasteiger partial charge in [-0.2, -0.15) is 5.26 Å². The molecule has 1 atom stereocenters. The van der Waals surface area contributed by atoms with Crippen LogP contribution in [0.2, 0.25) is 0 Å². The fraction of sp³-hybridized carbons (Fsp3) is 0.250.